The van der Waals surface area contributed by atoms with Gasteiger partial charge in [-0.1, -0.05) is 6.92 Å². The number of nitrogens with one attached hydrogen (secondary N) is 2. The van der Waals surface area contributed by atoms with E-state index in [1.807, 2.05) is 6.92 Å². The fraction of sp³-hybridized carbons (Fsp3) is 0.455. The lowest BCUT2D eigenvalue weighted by Crippen LogP contribution is -2.28. The first-order valence-electron chi connectivity index (χ1n) is 5.30. The number of rotatable bonds is 5. The second kappa shape index (κ2) is 6.34. The maximum Gasteiger partial charge on any atom is 0.252 e. The molecule has 0 aliphatic heterocycles. The Morgan fingerprint density at radius 1 is 1.53 bits per heavy atom. The maximum atomic E-state index is 11.6. The highest BCUT2D eigenvalue weighted by Crippen LogP contribution is 1.98. The minimum atomic E-state index is -0.871. The maximum absolute atomic E-state index is 11.6. The van der Waals surface area contributed by atoms with E-state index in [1.165, 1.54) is 18.3 Å². The van der Waals surface area contributed by atoms with Crippen LogP contribution in [0.25, 0.3) is 0 Å². The molecule has 2 atom stereocenters. The van der Waals surface area contributed by atoms with Crippen molar-refractivity contribution in [1.29, 1.82) is 0 Å². The smallest absolute Gasteiger partial charge is 0.252 e. The number of aromatic nitrogens is 1. The van der Waals surface area contributed by atoms with Gasteiger partial charge in [-0.2, -0.15) is 0 Å². The van der Waals surface area contributed by atoms with Gasteiger partial charge >= 0.3 is 0 Å². The highest BCUT2D eigenvalue weighted by molar-refractivity contribution is 7.84. The summed E-state index contributed by atoms with van der Waals surface area (Å²) in [6.07, 6.45) is 3.69. The van der Waals surface area contributed by atoms with Gasteiger partial charge in [0.1, 0.15) is 0 Å². The standard InChI is InChI=1S/C11H16N2O3S/c1-8(17(2)16)5-6-12-11(15)9-3-4-10(14)13-7-9/h3-4,7-8H,5-6H2,1-2H3,(H,12,15)(H,13,14). The van der Waals surface area contributed by atoms with Crippen molar-refractivity contribution in [3.8, 4) is 0 Å². The number of H-pyrrole nitrogens is 1. The monoisotopic (exact) mass is 256 g/mol. The lowest BCUT2D eigenvalue weighted by atomic mass is 10.2. The van der Waals surface area contributed by atoms with Gasteiger partial charge in [0.25, 0.3) is 5.91 Å². The molecule has 1 amide bonds. The quantitative estimate of drug-likeness (QED) is 0.793. The number of pyridine rings is 1. The molecule has 0 saturated heterocycles. The zero-order chi connectivity index (χ0) is 12.8. The first-order chi connectivity index (χ1) is 8.00. The second-order valence-corrected chi connectivity index (χ2v) is 5.60. The van der Waals surface area contributed by atoms with Gasteiger partial charge < -0.3 is 10.3 Å². The Kier molecular flexibility index (Phi) is 5.09. The van der Waals surface area contributed by atoms with E-state index in [9.17, 15) is 13.8 Å². The van der Waals surface area contributed by atoms with Gasteiger partial charge in [-0.15, -0.1) is 0 Å². The normalized spacial score (nSPS) is 14.0. The van der Waals surface area contributed by atoms with Crippen LogP contribution < -0.4 is 10.9 Å². The minimum absolute atomic E-state index is 0.0610. The lowest BCUT2D eigenvalue weighted by Gasteiger charge is -2.09. The van der Waals surface area contributed by atoms with Crippen LogP contribution in [-0.4, -0.2) is 33.2 Å². The summed E-state index contributed by atoms with van der Waals surface area (Å²) in [6.45, 7) is 2.35. The predicted molar refractivity (Wildman–Crippen MR) is 67.5 cm³/mol. The Hall–Kier alpha value is -1.43. The van der Waals surface area contributed by atoms with Crippen LogP contribution >= 0.6 is 0 Å². The Morgan fingerprint density at radius 2 is 2.24 bits per heavy atom. The van der Waals surface area contributed by atoms with Crippen molar-refractivity contribution in [3.05, 3.63) is 34.2 Å². The topological polar surface area (TPSA) is 79.0 Å². The van der Waals surface area contributed by atoms with E-state index in [-0.39, 0.29) is 16.7 Å². The molecule has 1 aromatic rings. The molecule has 2 N–H and O–H groups in total. The number of hydrogen-bond donors (Lipinski definition) is 2. The third-order valence-corrected chi connectivity index (χ3v) is 3.82. The predicted octanol–water partition coefficient (Wildman–Crippen LogP) is 0.262. The van der Waals surface area contributed by atoms with Gasteiger partial charge in [-0.3, -0.25) is 13.8 Å². The SMILES string of the molecule is CC(CCNC(=O)c1ccc(=O)[nH]c1)S(C)=O. The number of carbonyl (C=O) groups excluding carboxylic acids is 1. The Balaban J connectivity index is 2.43. The van der Waals surface area contributed by atoms with Gasteiger partial charge in [-0.05, 0) is 12.5 Å². The molecule has 6 heteroatoms. The molecule has 17 heavy (non-hydrogen) atoms. The first-order valence-corrected chi connectivity index (χ1v) is 6.92. The highest BCUT2D eigenvalue weighted by atomic mass is 32.2. The molecule has 0 bridgehead atoms. The van der Waals surface area contributed by atoms with Gasteiger partial charge in [0.2, 0.25) is 5.56 Å². The molecule has 0 aliphatic rings. The largest absolute Gasteiger partial charge is 0.352 e. The fourth-order valence-corrected chi connectivity index (χ4v) is 1.66. The molecule has 94 valence electrons. The lowest BCUT2D eigenvalue weighted by molar-refractivity contribution is 0.0953. The highest BCUT2D eigenvalue weighted by Gasteiger charge is 2.08. The van der Waals surface area contributed by atoms with Crippen LogP contribution in [0.15, 0.2) is 23.1 Å². The summed E-state index contributed by atoms with van der Waals surface area (Å²) < 4.78 is 11.1. The summed E-state index contributed by atoms with van der Waals surface area (Å²) in [7, 11) is -0.871. The van der Waals surface area contributed by atoms with Gasteiger partial charge in [0.05, 0.1) is 5.56 Å². The van der Waals surface area contributed by atoms with Crippen LogP contribution in [0, 0.1) is 0 Å². The molecule has 0 aromatic carbocycles. The van der Waals surface area contributed by atoms with E-state index in [0.717, 1.165) is 0 Å². The van der Waals surface area contributed by atoms with Crippen LogP contribution in [0.2, 0.25) is 0 Å². The Bertz CT molecular complexity index is 450. The molecule has 0 spiro atoms. The van der Waals surface area contributed by atoms with Gasteiger partial charge in [0.15, 0.2) is 0 Å². The van der Waals surface area contributed by atoms with E-state index in [2.05, 4.69) is 10.3 Å². The Labute approximate surface area is 102 Å². The molecule has 5 nitrogen and oxygen atoms in total. The van der Waals surface area contributed by atoms with E-state index in [1.54, 1.807) is 6.26 Å². The van der Waals surface area contributed by atoms with Crippen molar-refractivity contribution in [2.75, 3.05) is 12.8 Å². The summed E-state index contributed by atoms with van der Waals surface area (Å²) in [4.78, 5) is 24.8. The molecule has 1 rings (SSSR count). The van der Waals surface area contributed by atoms with Gasteiger partial charge in [0, 0.05) is 41.1 Å². The van der Waals surface area contributed by atoms with Crippen molar-refractivity contribution < 1.29 is 9.00 Å². The van der Waals surface area contributed by atoms with E-state index >= 15 is 0 Å². The molecule has 0 aliphatic carbocycles. The van der Waals surface area contributed by atoms with Crippen LogP contribution in [-0.2, 0) is 10.8 Å². The molecule has 0 radical (unpaired) electrons. The van der Waals surface area contributed by atoms with Crippen LogP contribution in [0.4, 0.5) is 0 Å². The molecule has 0 saturated carbocycles. The summed E-state index contributed by atoms with van der Waals surface area (Å²) in [6, 6.07) is 2.77. The average Bonchev–Trinajstić information content (AvgIpc) is 2.29. The average molecular weight is 256 g/mol. The number of hydrogen-bond acceptors (Lipinski definition) is 3. The van der Waals surface area contributed by atoms with Crippen molar-refractivity contribution in [2.45, 2.75) is 18.6 Å². The molecule has 2 unspecified atom stereocenters. The van der Waals surface area contributed by atoms with Crippen LogP contribution in [0.1, 0.15) is 23.7 Å². The Morgan fingerprint density at radius 3 is 2.76 bits per heavy atom. The van der Waals surface area contributed by atoms with Crippen molar-refractivity contribution >= 4 is 16.7 Å². The van der Waals surface area contributed by atoms with Crippen molar-refractivity contribution in [3.63, 3.8) is 0 Å². The molecule has 0 fully saturated rings. The third kappa shape index (κ3) is 4.52. The summed E-state index contributed by atoms with van der Waals surface area (Å²) >= 11 is 0. The summed E-state index contributed by atoms with van der Waals surface area (Å²) in [5, 5.41) is 2.77. The minimum Gasteiger partial charge on any atom is -0.352 e. The van der Waals surface area contributed by atoms with Crippen LogP contribution in [0.3, 0.4) is 0 Å². The molecular weight excluding hydrogens is 240 g/mol. The zero-order valence-electron chi connectivity index (χ0n) is 9.86. The molecular formula is C11H16N2O3S. The molecule has 1 aromatic heterocycles. The number of aromatic amines is 1. The second-order valence-electron chi connectivity index (χ2n) is 3.80. The van der Waals surface area contributed by atoms with Crippen LogP contribution in [0.5, 0.6) is 0 Å². The third-order valence-electron chi connectivity index (χ3n) is 2.45. The van der Waals surface area contributed by atoms with E-state index in [0.29, 0.717) is 18.5 Å². The van der Waals surface area contributed by atoms with Crippen molar-refractivity contribution in [1.82, 2.24) is 10.3 Å². The number of carbonyl (C=O) groups is 1. The first kappa shape index (κ1) is 13.6. The molecule has 1 heterocycles. The summed E-state index contributed by atoms with van der Waals surface area (Å²) in [5.41, 5.74) is 0.173. The van der Waals surface area contributed by atoms with E-state index < -0.39 is 10.8 Å². The zero-order valence-corrected chi connectivity index (χ0v) is 10.7. The summed E-state index contributed by atoms with van der Waals surface area (Å²) in [5.74, 6) is -0.240. The van der Waals surface area contributed by atoms with Crippen molar-refractivity contribution in [2.24, 2.45) is 0 Å². The fourth-order valence-electron chi connectivity index (χ4n) is 1.21. The number of amides is 1. The van der Waals surface area contributed by atoms with E-state index in [4.69, 9.17) is 0 Å². The van der Waals surface area contributed by atoms with Gasteiger partial charge in [-0.25, -0.2) is 0 Å².